The number of unbranched alkanes of at least 4 members (excludes halogenated alkanes) is 2. The Labute approximate surface area is 83.9 Å². The predicted octanol–water partition coefficient (Wildman–Crippen LogP) is 2.79. The monoisotopic (exact) mass is 197 g/mol. The van der Waals surface area contributed by atoms with Crippen LogP contribution in [0, 0.1) is 0 Å². The van der Waals surface area contributed by atoms with E-state index in [-0.39, 0.29) is 6.67 Å². The van der Waals surface area contributed by atoms with Gasteiger partial charge in [-0.3, -0.25) is 4.39 Å². The molecule has 2 nitrogen and oxygen atoms in total. The summed E-state index contributed by atoms with van der Waals surface area (Å²) < 4.78 is 17.2. The van der Waals surface area contributed by atoms with Crippen molar-refractivity contribution in [1.82, 2.24) is 0 Å². The number of hydrogen-bond acceptors (Lipinski definition) is 2. The molecule has 0 aliphatic rings. The summed E-state index contributed by atoms with van der Waals surface area (Å²) in [6.07, 6.45) is 2.39. The zero-order chi connectivity index (χ0) is 10.2. The lowest BCUT2D eigenvalue weighted by atomic mass is 10.2. The summed E-state index contributed by atoms with van der Waals surface area (Å²) in [5.41, 5.74) is 6.28. The maximum Gasteiger partial charge on any atom is 0.121 e. The Bertz CT molecular complexity index is 265. The first-order valence-corrected chi connectivity index (χ1v) is 4.87. The van der Waals surface area contributed by atoms with Gasteiger partial charge in [-0.25, -0.2) is 0 Å². The van der Waals surface area contributed by atoms with Crippen LogP contribution in [0.2, 0.25) is 0 Å². The highest BCUT2D eigenvalue weighted by molar-refractivity contribution is 5.43. The molecule has 0 unspecified atom stereocenters. The summed E-state index contributed by atoms with van der Waals surface area (Å²) in [5, 5.41) is 0. The number of ether oxygens (including phenoxy) is 1. The van der Waals surface area contributed by atoms with Gasteiger partial charge in [0.05, 0.1) is 13.3 Å². The van der Waals surface area contributed by atoms with Crippen LogP contribution >= 0.6 is 0 Å². The van der Waals surface area contributed by atoms with Crippen LogP contribution in [0.3, 0.4) is 0 Å². The summed E-state index contributed by atoms with van der Waals surface area (Å²) in [4.78, 5) is 0. The summed E-state index contributed by atoms with van der Waals surface area (Å²) in [6, 6.07) is 7.32. The van der Waals surface area contributed by atoms with Crippen molar-refractivity contribution in [1.29, 1.82) is 0 Å². The van der Waals surface area contributed by atoms with E-state index in [4.69, 9.17) is 10.5 Å². The number of rotatable bonds is 6. The van der Waals surface area contributed by atoms with Crippen molar-refractivity contribution < 1.29 is 9.13 Å². The molecule has 3 heteroatoms. The van der Waals surface area contributed by atoms with E-state index in [0.717, 1.165) is 18.6 Å². The van der Waals surface area contributed by atoms with Gasteiger partial charge in [0.2, 0.25) is 0 Å². The van der Waals surface area contributed by atoms with E-state index in [9.17, 15) is 4.39 Å². The van der Waals surface area contributed by atoms with Crippen molar-refractivity contribution in [3.05, 3.63) is 24.3 Å². The number of nitrogen functional groups attached to an aromatic ring is 1. The van der Waals surface area contributed by atoms with E-state index in [0.29, 0.717) is 18.7 Å². The van der Waals surface area contributed by atoms with Crippen LogP contribution in [0.15, 0.2) is 24.3 Å². The Balaban J connectivity index is 2.18. The summed E-state index contributed by atoms with van der Waals surface area (Å²) in [7, 11) is 0. The number of alkyl halides is 1. The predicted molar refractivity (Wildman–Crippen MR) is 56.2 cm³/mol. The van der Waals surface area contributed by atoms with Gasteiger partial charge in [0.15, 0.2) is 0 Å². The van der Waals surface area contributed by atoms with Crippen LogP contribution in [0.25, 0.3) is 0 Å². The molecule has 0 aliphatic carbocycles. The normalized spacial score (nSPS) is 10.1. The van der Waals surface area contributed by atoms with Crippen LogP contribution in [0.1, 0.15) is 19.3 Å². The highest BCUT2D eigenvalue weighted by Crippen LogP contribution is 2.14. The zero-order valence-electron chi connectivity index (χ0n) is 8.21. The van der Waals surface area contributed by atoms with Gasteiger partial charge in [0, 0.05) is 11.8 Å². The average Bonchev–Trinajstić information content (AvgIpc) is 2.18. The Morgan fingerprint density at radius 1 is 1.21 bits per heavy atom. The quantitative estimate of drug-likeness (QED) is 0.562. The molecule has 0 heterocycles. The van der Waals surface area contributed by atoms with Gasteiger partial charge < -0.3 is 10.5 Å². The first-order valence-electron chi connectivity index (χ1n) is 4.87. The second kappa shape index (κ2) is 6.24. The molecule has 0 spiro atoms. The van der Waals surface area contributed by atoms with E-state index in [1.807, 2.05) is 18.2 Å². The van der Waals surface area contributed by atoms with Crippen LogP contribution in [0.4, 0.5) is 10.1 Å². The highest BCUT2D eigenvalue weighted by Gasteiger charge is 1.94. The largest absolute Gasteiger partial charge is 0.494 e. The smallest absolute Gasteiger partial charge is 0.121 e. The highest BCUT2D eigenvalue weighted by atomic mass is 19.1. The van der Waals surface area contributed by atoms with Crippen LogP contribution < -0.4 is 10.5 Å². The molecule has 2 N–H and O–H groups in total. The number of nitrogens with two attached hydrogens (primary N) is 1. The van der Waals surface area contributed by atoms with Crippen LogP contribution in [-0.2, 0) is 0 Å². The lowest BCUT2D eigenvalue weighted by Crippen LogP contribution is -1.98. The second-order valence-electron chi connectivity index (χ2n) is 3.17. The lowest BCUT2D eigenvalue weighted by Gasteiger charge is -2.05. The molecule has 0 aromatic heterocycles. The van der Waals surface area contributed by atoms with Crippen molar-refractivity contribution in [2.24, 2.45) is 0 Å². The molecule has 0 aliphatic heterocycles. The molecule has 0 atom stereocenters. The minimum atomic E-state index is -0.238. The molecular weight excluding hydrogens is 181 g/mol. The number of hydrogen-bond donors (Lipinski definition) is 1. The van der Waals surface area contributed by atoms with Crippen LogP contribution in [0.5, 0.6) is 5.75 Å². The minimum absolute atomic E-state index is 0.238. The van der Waals surface area contributed by atoms with Crippen molar-refractivity contribution in [3.8, 4) is 5.75 Å². The molecule has 14 heavy (non-hydrogen) atoms. The van der Waals surface area contributed by atoms with E-state index in [1.165, 1.54) is 0 Å². The van der Waals surface area contributed by atoms with Gasteiger partial charge in [-0.1, -0.05) is 6.07 Å². The molecule has 78 valence electrons. The Kier molecular flexibility index (Phi) is 4.83. The van der Waals surface area contributed by atoms with Gasteiger partial charge in [-0.15, -0.1) is 0 Å². The first kappa shape index (κ1) is 10.8. The third-order valence-electron chi connectivity index (χ3n) is 1.90. The standard InChI is InChI=1S/C11H16FNO/c12-7-2-1-3-8-14-11-6-4-5-10(13)9-11/h4-6,9H,1-3,7-8,13H2. The lowest BCUT2D eigenvalue weighted by molar-refractivity contribution is 0.301. The molecular formula is C11H16FNO. The maximum atomic E-state index is 11.7. The van der Waals surface area contributed by atoms with Crippen molar-refractivity contribution >= 4 is 5.69 Å². The van der Waals surface area contributed by atoms with Gasteiger partial charge in [0.25, 0.3) is 0 Å². The maximum absolute atomic E-state index is 11.7. The average molecular weight is 197 g/mol. The van der Waals surface area contributed by atoms with Gasteiger partial charge in [-0.2, -0.15) is 0 Å². The topological polar surface area (TPSA) is 35.2 Å². The van der Waals surface area contributed by atoms with E-state index >= 15 is 0 Å². The molecule has 0 saturated heterocycles. The Morgan fingerprint density at radius 2 is 2.07 bits per heavy atom. The number of halogens is 1. The van der Waals surface area contributed by atoms with Gasteiger partial charge in [0.1, 0.15) is 5.75 Å². The molecule has 0 saturated carbocycles. The second-order valence-corrected chi connectivity index (χ2v) is 3.17. The summed E-state index contributed by atoms with van der Waals surface area (Å²) >= 11 is 0. The molecule has 1 aromatic carbocycles. The van der Waals surface area contributed by atoms with E-state index in [2.05, 4.69) is 0 Å². The fourth-order valence-electron chi connectivity index (χ4n) is 1.17. The minimum Gasteiger partial charge on any atom is -0.494 e. The molecule has 0 bridgehead atoms. The molecule has 1 rings (SSSR count). The number of anilines is 1. The Hall–Kier alpha value is -1.25. The van der Waals surface area contributed by atoms with Crippen molar-refractivity contribution in [2.45, 2.75) is 19.3 Å². The molecule has 0 fully saturated rings. The van der Waals surface area contributed by atoms with Crippen molar-refractivity contribution in [3.63, 3.8) is 0 Å². The summed E-state index contributed by atoms with van der Waals surface area (Å²) in [6.45, 7) is 0.391. The molecule has 1 aromatic rings. The van der Waals surface area contributed by atoms with Gasteiger partial charge in [-0.05, 0) is 31.4 Å². The fraction of sp³-hybridized carbons (Fsp3) is 0.455. The zero-order valence-corrected chi connectivity index (χ0v) is 8.21. The van der Waals surface area contributed by atoms with Crippen LogP contribution in [-0.4, -0.2) is 13.3 Å². The van der Waals surface area contributed by atoms with E-state index in [1.54, 1.807) is 6.07 Å². The molecule has 0 amide bonds. The third-order valence-corrected chi connectivity index (χ3v) is 1.90. The summed E-state index contributed by atoms with van der Waals surface area (Å²) in [5.74, 6) is 0.783. The molecule has 0 radical (unpaired) electrons. The third kappa shape index (κ3) is 4.12. The van der Waals surface area contributed by atoms with Gasteiger partial charge >= 0.3 is 0 Å². The van der Waals surface area contributed by atoms with E-state index < -0.39 is 0 Å². The SMILES string of the molecule is Nc1cccc(OCCCCCF)c1. The fourth-order valence-corrected chi connectivity index (χ4v) is 1.17. The first-order chi connectivity index (χ1) is 6.83. The Morgan fingerprint density at radius 3 is 2.79 bits per heavy atom. The van der Waals surface area contributed by atoms with Crippen molar-refractivity contribution in [2.75, 3.05) is 19.0 Å². The number of benzene rings is 1.